The van der Waals surface area contributed by atoms with E-state index in [2.05, 4.69) is 5.32 Å². The topological polar surface area (TPSA) is 95.9 Å². The van der Waals surface area contributed by atoms with Crippen molar-refractivity contribution >= 4 is 11.9 Å². The summed E-state index contributed by atoms with van der Waals surface area (Å²) in [6.07, 6.45) is -1.45. The van der Waals surface area contributed by atoms with E-state index in [-0.39, 0.29) is 12.5 Å². The number of ether oxygens (including phenoxy) is 1. The number of aliphatic hydroxyl groups excluding tert-OH is 1. The zero-order chi connectivity index (χ0) is 11.4. The molecule has 2 unspecified atom stereocenters. The van der Waals surface area contributed by atoms with E-state index in [1.807, 2.05) is 0 Å². The summed E-state index contributed by atoms with van der Waals surface area (Å²) in [7, 11) is 0. The molecule has 1 fully saturated rings. The summed E-state index contributed by atoms with van der Waals surface area (Å²) in [5, 5.41) is 20.0. The number of amides is 1. The molecule has 1 rings (SSSR count). The van der Waals surface area contributed by atoms with Gasteiger partial charge >= 0.3 is 5.97 Å². The van der Waals surface area contributed by atoms with E-state index in [9.17, 15) is 9.59 Å². The Labute approximate surface area is 87.2 Å². The molecule has 86 valence electrons. The van der Waals surface area contributed by atoms with Crippen LogP contribution < -0.4 is 5.32 Å². The van der Waals surface area contributed by atoms with Crippen molar-refractivity contribution in [2.24, 2.45) is 0 Å². The van der Waals surface area contributed by atoms with Crippen LogP contribution >= 0.6 is 0 Å². The van der Waals surface area contributed by atoms with Crippen molar-refractivity contribution in [3.05, 3.63) is 0 Å². The number of carbonyl (C=O) groups excluding carboxylic acids is 1. The lowest BCUT2D eigenvalue weighted by Crippen LogP contribution is -2.38. The van der Waals surface area contributed by atoms with Gasteiger partial charge in [-0.3, -0.25) is 4.79 Å². The number of aliphatic hydroxyl groups is 1. The SMILES string of the molecule is C[C@H](O)CNC(=O)C1CCC(C(=O)O)O1. The number of hydrogen-bond donors (Lipinski definition) is 3. The van der Waals surface area contributed by atoms with Gasteiger partial charge in [-0.1, -0.05) is 0 Å². The maximum absolute atomic E-state index is 11.4. The van der Waals surface area contributed by atoms with Crippen molar-refractivity contribution in [3.8, 4) is 0 Å². The molecule has 0 bridgehead atoms. The summed E-state index contributed by atoms with van der Waals surface area (Å²) in [6.45, 7) is 1.70. The summed E-state index contributed by atoms with van der Waals surface area (Å²) >= 11 is 0. The molecule has 1 aliphatic rings. The number of rotatable bonds is 4. The summed E-state index contributed by atoms with van der Waals surface area (Å²) in [6, 6.07) is 0. The Morgan fingerprint density at radius 3 is 2.53 bits per heavy atom. The molecule has 3 atom stereocenters. The number of nitrogens with one attached hydrogen (secondary N) is 1. The molecule has 0 radical (unpaired) electrons. The zero-order valence-corrected chi connectivity index (χ0v) is 8.47. The van der Waals surface area contributed by atoms with Gasteiger partial charge in [0, 0.05) is 6.54 Å². The lowest BCUT2D eigenvalue weighted by molar-refractivity contribution is -0.151. The fourth-order valence-corrected chi connectivity index (χ4v) is 1.37. The van der Waals surface area contributed by atoms with E-state index in [0.29, 0.717) is 12.8 Å². The van der Waals surface area contributed by atoms with Crippen molar-refractivity contribution in [1.82, 2.24) is 5.32 Å². The molecule has 1 aliphatic heterocycles. The molecule has 0 spiro atoms. The average molecular weight is 217 g/mol. The molecule has 6 heteroatoms. The van der Waals surface area contributed by atoms with E-state index in [1.165, 1.54) is 0 Å². The molecule has 0 aromatic heterocycles. The van der Waals surface area contributed by atoms with Crippen LogP contribution in [0.3, 0.4) is 0 Å². The second-order valence-corrected chi connectivity index (χ2v) is 3.62. The third-order valence-corrected chi connectivity index (χ3v) is 2.16. The molecule has 0 aromatic rings. The summed E-state index contributed by atoms with van der Waals surface area (Å²) in [4.78, 5) is 21.9. The van der Waals surface area contributed by atoms with E-state index >= 15 is 0 Å². The molecule has 0 aliphatic carbocycles. The van der Waals surface area contributed by atoms with E-state index < -0.39 is 24.3 Å². The summed E-state index contributed by atoms with van der Waals surface area (Å²) in [5.74, 6) is -1.40. The maximum Gasteiger partial charge on any atom is 0.332 e. The van der Waals surface area contributed by atoms with Crippen LogP contribution in [0.5, 0.6) is 0 Å². The maximum atomic E-state index is 11.4. The van der Waals surface area contributed by atoms with E-state index in [1.54, 1.807) is 6.92 Å². The first kappa shape index (κ1) is 11.9. The van der Waals surface area contributed by atoms with Crippen LogP contribution in [0.4, 0.5) is 0 Å². The minimum absolute atomic E-state index is 0.149. The van der Waals surface area contributed by atoms with Crippen molar-refractivity contribution in [1.29, 1.82) is 0 Å². The number of carbonyl (C=O) groups is 2. The van der Waals surface area contributed by atoms with Gasteiger partial charge in [0.15, 0.2) is 6.10 Å². The van der Waals surface area contributed by atoms with E-state index in [0.717, 1.165) is 0 Å². The average Bonchev–Trinajstić information content (AvgIpc) is 2.62. The van der Waals surface area contributed by atoms with E-state index in [4.69, 9.17) is 14.9 Å². The highest BCUT2D eigenvalue weighted by atomic mass is 16.5. The van der Waals surface area contributed by atoms with Gasteiger partial charge in [0.2, 0.25) is 5.91 Å². The smallest absolute Gasteiger partial charge is 0.332 e. The zero-order valence-electron chi connectivity index (χ0n) is 8.47. The predicted molar refractivity (Wildman–Crippen MR) is 50.2 cm³/mol. The van der Waals surface area contributed by atoms with Gasteiger partial charge in [-0.15, -0.1) is 0 Å². The second kappa shape index (κ2) is 5.09. The van der Waals surface area contributed by atoms with Gasteiger partial charge in [0.1, 0.15) is 6.10 Å². The minimum atomic E-state index is -1.04. The molecule has 1 heterocycles. The molecule has 15 heavy (non-hydrogen) atoms. The fraction of sp³-hybridized carbons (Fsp3) is 0.778. The first-order chi connectivity index (χ1) is 7.00. The monoisotopic (exact) mass is 217 g/mol. The van der Waals surface area contributed by atoms with Crippen molar-refractivity contribution in [3.63, 3.8) is 0 Å². The molecule has 3 N–H and O–H groups in total. The lowest BCUT2D eigenvalue weighted by atomic mass is 10.2. The molecular formula is C9H15NO5. The third-order valence-electron chi connectivity index (χ3n) is 2.16. The van der Waals surface area contributed by atoms with Crippen LogP contribution in [0.1, 0.15) is 19.8 Å². The van der Waals surface area contributed by atoms with Crippen LogP contribution in [-0.2, 0) is 14.3 Å². The Kier molecular flexibility index (Phi) is 4.05. The first-order valence-electron chi connectivity index (χ1n) is 4.84. The van der Waals surface area contributed by atoms with Gasteiger partial charge in [0.05, 0.1) is 6.10 Å². The van der Waals surface area contributed by atoms with Gasteiger partial charge in [-0.2, -0.15) is 0 Å². The van der Waals surface area contributed by atoms with Crippen LogP contribution in [0.2, 0.25) is 0 Å². The summed E-state index contributed by atoms with van der Waals surface area (Å²) < 4.78 is 5.02. The summed E-state index contributed by atoms with van der Waals surface area (Å²) in [5.41, 5.74) is 0. The van der Waals surface area contributed by atoms with Gasteiger partial charge < -0.3 is 20.3 Å². The Morgan fingerprint density at radius 2 is 2.07 bits per heavy atom. The van der Waals surface area contributed by atoms with Crippen LogP contribution in [0.25, 0.3) is 0 Å². The fourth-order valence-electron chi connectivity index (χ4n) is 1.37. The van der Waals surface area contributed by atoms with Gasteiger partial charge in [-0.05, 0) is 19.8 Å². The minimum Gasteiger partial charge on any atom is -0.479 e. The number of carboxylic acids is 1. The standard InChI is InChI=1S/C9H15NO5/c1-5(11)4-10-8(12)6-2-3-7(15-6)9(13)14/h5-7,11H,2-4H2,1H3,(H,10,12)(H,13,14)/t5-,6?,7?/m0/s1. The Balaban J connectivity index is 2.33. The predicted octanol–water partition coefficient (Wildman–Crippen LogP) is -0.884. The molecule has 0 saturated carbocycles. The van der Waals surface area contributed by atoms with Gasteiger partial charge in [-0.25, -0.2) is 4.79 Å². The van der Waals surface area contributed by atoms with Crippen molar-refractivity contribution < 1.29 is 24.5 Å². The third kappa shape index (κ3) is 3.49. The Hall–Kier alpha value is -1.14. The normalized spacial score (nSPS) is 27.3. The quantitative estimate of drug-likeness (QED) is 0.568. The Morgan fingerprint density at radius 1 is 1.47 bits per heavy atom. The van der Waals surface area contributed by atoms with Crippen molar-refractivity contribution in [2.75, 3.05) is 6.54 Å². The molecule has 6 nitrogen and oxygen atoms in total. The highest BCUT2D eigenvalue weighted by Gasteiger charge is 2.34. The number of carboxylic acid groups (broad SMARTS) is 1. The van der Waals surface area contributed by atoms with Crippen LogP contribution in [0, 0.1) is 0 Å². The van der Waals surface area contributed by atoms with Gasteiger partial charge in [0.25, 0.3) is 0 Å². The van der Waals surface area contributed by atoms with Crippen LogP contribution in [0.15, 0.2) is 0 Å². The lowest BCUT2D eigenvalue weighted by Gasteiger charge is -2.12. The first-order valence-corrected chi connectivity index (χ1v) is 4.84. The highest BCUT2D eigenvalue weighted by Crippen LogP contribution is 2.19. The molecular weight excluding hydrogens is 202 g/mol. The molecule has 0 aromatic carbocycles. The number of aliphatic carboxylic acids is 1. The Bertz CT molecular complexity index is 253. The van der Waals surface area contributed by atoms with Crippen molar-refractivity contribution in [2.45, 2.75) is 38.1 Å². The number of hydrogen-bond acceptors (Lipinski definition) is 4. The molecule has 1 amide bonds. The molecule has 1 saturated heterocycles. The highest BCUT2D eigenvalue weighted by molar-refractivity contribution is 5.82. The van der Waals surface area contributed by atoms with Crippen LogP contribution in [-0.4, -0.2) is 46.9 Å². The second-order valence-electron chi connectivity index (χ2n) is 3.62. The largest absolute Gasteiger partial charge is 0.479 e.